The Bertz CT molecular complexity index is 1180. The zero-order valence-corrected chi connectivity index (χ0v) is 20.1. The second-order valence-electron chi connectivity index (χ2n) is 8.52. The van der Waals surface area contributed by atoms with Crippen LogP contribution in [0.1, 0.15) is 37.7 Å². The normalized spacial score (nSPS) is 14.3. The standard InChI is InChI=1S/C28H28N2O3S/c1-31-32-19-20-7-9-23(10-8-20)27-29-30-28(34-27)24-13-11-21(12-14-24)22-15-17-26(18-16-22)33-25-5-3-2-4-6-25/h7-18,25H,2-6,19H2,1H3. The summed E-state index contributed by atoms with van der Waals surface area (Å²) in [5, 5.41) is 10.6. The first-order chi connectivity index (χ1) is 16.8. The molecule has 1 aliphatic carbocycles. The number of aromatic nitrogens is 2. The van der Waals surface area contributed by atoms with Crippen molar-refractivity contribution in [1.29, 1.82) is 0 Å². The highest BCUT2D eigenvalue weighted by atomic mass is 32.1. The molecule has 1 heterocycles. The van der Waals surface area contributed by atoms with Crippen molar-refractivity contribution in [2.45, 2.75) is 44.8 Å². The first kappa shape index (κ1) is 22.7. The second kappa shape index (κ2) is 10.9. The summed E-state index contributed by atoms with van der Waals surface area (Å²) in [5.74, 6) is 0.966. The first-order valence-electron chi connectivity index (χ1n) is 11.7. The minimum atomic E-state index is 0.373. The quantitative estimate of drug-likeness (QED) is 0.198. The highest BCUT2D eigenvalue weighted by molar-refractivity contribution is 7.17. The third-order valence-corrected chi connectivity index (χ3v) is 7.17. The van der Waals surface area contributed by atoms with Crippen LogP contribution in [0.5, 0.6) is 5.75 Å². The molecule has 5 nitrogen and oxygen atoms in total. The number of benzene rings is 3. The van der Waals surface area contributed by atoms with E-state index >= 15 is 0 Å². The Balaban J connectivity index is 1.24. The molecular formula is C28H28N2O3S. The van der Waals surface area contributed by atoms with E-state index in [0.29, 0.717) is 12.7 Å². The van der Waals surface area contributed by atoms with E-state index in [0.717, 1.165) is 32.5 Å². The molecule has 3 aromatic carbocycles. The zero-order chi connectivity index (χ0) is 23.2. The molecule has 4 aromatic rings. The molecule has 0 unspecified atom stereocenters. The topological polar surface area (TPSA) is 53.5 Å². The molecule has 6 heteroatoms. The van der Waals surface area contributed by atoms with Crippen LogP contribution in [0.15, 0.2) is 72.8 Å². The molecule has 0 atom stereocenters. The van der Waals surface area contributed by atoms with Crippen molar-refractivity contribution in [3.63, 3.8) is 0 Å². The Hall–Kier alpha value is -3.06. The maximum absolute atomic E-state index is 6.16. The summed E-state index contributed by atoms with van der Waals surface area (Å²) >= 11 is 1.59. The minimum Gasteiger partial charge on any atom is -0.490 e. The fraction of sp³-hybridized carbons (Fsp3) is 0.286. The van der Waals surface area contributed by atoms with E-state index in [-0.39, 0.29) is 0 Å². The molecule has 1 aliphatic rings. The van der Waals surface area contributed by atoms with Crippen molar-refractivity contribution < 1.29 is 14.5 Å². The van der Waals surface area contributed by atoms with Crippen LogP contribution in [0.4, 0.5) is 0 Å². The first-order valence-corrected chi connectivity index (χ1v) is 12.6. The van der Waals surface area contributed by atoms with Crippen LogP contribution in [0, 0.1) is 0 Å². The van der Waals surface area contributed by atoms with Crippen molar-refractivity contribution in [2.24, 2.45) is 0 Å². The predicted molar refractivity (Wildman–Crippen MR) is 136 cm³/mol. The number of hydrogen-bond donors (Lipinski definition) is 0. The molecule has 0 radical (unpaired) electrons. The Morgan fingerprint density at radius 3 is 1.82 bits per heavy atom. The summed E-state index contributed by atoms with van der Waals surface area (Å²) < 4.78 is 6.16. The van der Waals surface area contributed by atoms with Gasteiger partial charge in [-0.25, -0.2) is 9.78 Å². The van der Waals surface area contributed by atoms with Crippen LogP contribution in [-0.4, -0.2) is 23.4 Å². The summed E-state index contributed by atoms with van der Waals surface area (Å²) in [5.41, 5.74) is 5.50. The van der Waals surface area contributed by atoms with Gasteiger partial charge in [-0.1, -0.05) is 78.4 Å². The third kappa shape index (κ3) is 5.53. The van der Waals surface area contributed by atoms with Crippen LogP contribution in [0.3, 0.4) is 0 Å². The fourth-order valence-electron chi connectivity index (χ4n) is 4.23. The zero-order valence-electron chi connectivity index (χ0n) is 19.3. The molecule has 0 bridgehead atoms. The fourth-order valence-corrected chi connectivity index (χ4v) is 5.09. The van der Waals surface area contributed by atoms with E-state index in [1.807, 2.05) is 24.3 Å². The lowest BCUT2D eigenvalue weighted by Gasteiger charge is -2.23. The van der Waals surface area contributed by atoms with Crippen LogP contribution in [-0.2, 0) is 16.4 Å². The maximum atomic E-state index is 6.16. The number of ether oxygens (including phenoxy) is 1. The lowest BCUT2D eigenvalue weighted by atomic mass is 9.98. The number of nitrogens with zero attached hydrogens (tertiary/aromatic N) is 2. The summed E-state index contributed by atoms with van der Waals surface area (Å²) in [7, 11) is 1.51. The molecule has 0 amide bonds. The molecule has 34 heavy (non-hydrogen) atoms. The monoisotopic (exact) mass is 472 g/mol. The van der Waals surface area contributed by atoms with Gasteiger partial charge in [0.2, 0.25) is 0 Å². The van der Waals surface area contributed by atoms with E-state index in [2.05, 4.69) is 63.6 Å². The number of hydrogen-bond acceptors (Lipinski definition) is 6. The SMILES string of the molecule is COOCc1ccc(-c2nnc(-c3ccc(-c4ccc(OC5CCCCC5)cc4)cc3)s2)cc1. The Morgan fingerprint density at radius 1 is 0.706 bits per heavy atom. The van der Waals surface area contributed by atoms with Gasteiger partial charge >= 0.3 is 0 Å². The molecule has 1 fully saturated rings. The van der Waals surface area contributed by atoms with Crippen molar-refractivity contribution in [1.82, 2.24) is 10.2 Å². The molecule has 1 saturated carbocycles. The molecule has 174 valence electrons. The molecular weight excluding hydrogens is 444 g/mol. The Morgan fingerprint density at radius 2 is 1.24 bits per heavy atom. The molecule has 5 rings (SSSR count). The van der Waals surface area contributed by atoms with Gasteiger partial charge < -0.3 is 4.74 Å². The highest BCUT2D eigenvalue weighted by Gasteiger charge is 2.15. The Labute approximate surface area is 204 Å². The third-order valence-electron chi connectivity index (χ3n) is 6.14. The molecule has 0 saturated heterocycles. The lowest BCUT2D eigenvalue weighted by Crippen LogP contribution is -2.19. The molecule has 0 aliphatic heterocycles. The van der Waals surface area contributed by atoms with Gasteiger partial charge in [0.1, 0.15) is 22.4 Å². The minimum absolute atomic E-state index is 0.373. The molecule has 0 spiro atoms. The second-order valence-corrected chi connectivity index (χ2v) is 9.50. The van der Waals surface area contributed by atoms with Crippen molar-refractivity contribution >= 4 is 11.3 Å². The van der Waals surface area contributed by atoms with E-state index in [1.54, 1.807) is 11.3 Å². The van der Waals surface area contributed by atoms with E-state index < -0.39 is 0 Å². The van der Waals surface area contributed by atoms with Crippen LogP contribution in [0.2, 0.25) is 0 Å². The van der Waals surface area contributed by atoms with Gasteiger partial charge in [0.15, 0.2) is 0 Å². The van der Waals surface area contributed by atoms with Crippen molar-refractivity contribution in [3.05, 3.63) is 78.4 Å². The van der Waals surface area contributed by atoms with Gasteiger partial charge in [0, 0.05) is 11.1 Å². The Kier molecular flexibility index (Phi) is 7.29. The van der Waals surface area contributed by atoms with Crippen molar-refractivity contribution in [2.75, 3.05) is 7.11 Å². The van der Waals surface area contributed by atoms with Gasteiger partial charge in [0.05, 0.1) is 13.2 Å². The summed E-state index contributed by atoms with van der Waals surface area (Å²) in [6.07, 6.45) is 6.61. The van der Waals surface area contributed by atoms with E-state index in [1.165, 1.54) is 50.3 Å². The number of rotatable bonds is 8. The van der Waals surface area contributed by atoms with Gasteiger partial charge in [0.25, 0.3) is 0 Å². The van der Waals surface area contributed by atoms with Crippen LogP contribution < -0.4 is 4.74 Å². The lowest BCUT2D eigenvalue weighted by molar-refractivity contribution is -0.282. The average molecular weight is 473 g/mol. The van der Waals surface area contributed by atoms with E-state index in [4.69, 9.17) is 9.62 Å². The summed E-state index contributed by atoms with van der Waals surface area (Å²) in [6, 6.07) is 25.0. The summed E-state index contributed by atoms with van der Waals surface area (Å²) in [6.45, 7) is 0.417. The molecule has 0 N–H and O–H groups in total. The predicted octanol–water partition coefficient (Wildman–Crippen LogP) is 7.33. The van der Waals surface area contributed by atoms with Gasteiger partial charge in [-0.2, -0.15) is 0 Å². The van der Waals surface area contributed by atoms with Crippen molar-refractivity contribution in [3.8, 4) is 38.0 Å². The van der Waals surface area contributed by atoms with Gasteiger partial charge in [-0.05, 0) is 54.5 Å². The van der Waals surface area contributed by atoms with Gasteiger partial charge in [-0.3, -0.25) is 0 Å². The molecule has 1 aromatic heterocycles. The largest absolute Gasteiger partial charge is 0.490 e. The van der Waals surface area contributed by atoms with Crippen LogP contribution in [0.25, 0.3) is 32.3 Å². The smallest absolute Gasteiger partial charge is 0.148 e. The van der Waals surface area contributed by atoms with Gasteiger partial charge in [-0.15, -0.1) is 10.2 Å². The van der Waals surface area contributed by atoms with E-state index in [9.17, 15) is 0 Å². The highest BCUT2D eigenvalue weighted by Crippen LogP contribution is 2.32. The van der Waals surface area contributed by atoms with Crippen LogP contribution >= 0.6 is 11.3 Å². The maximum Gasteiger partial charge on any atom is 0.148 e. The summed E-state index contributed by atoms with van der Waals surface area (Å²) in [4.78, 5) is 9.63. The average Bonchev–Trinajstić information content (AvgIpc) is 3.39.